The summed E-state index contributed by atoms with van der Waals surface area (Å²) in [6, 6.07) is 0.637. The van der Waals surface area contributed by atoms with Crippen LogP contribution in [0.3, 0.4) is 0 Å². The Morgan fingerprint density at radius 3 is 3.40 bits per heavy atom. The zero-order valence-corrected chi connectivity index (χ0v) is 6.76. The zero-order valence-electron chi connectivity index (χ0n) is 5.86. The SMILES string of the molecule is SC[C@@H]1O[B]N2CCC[C@H]12. The Labute approximate surface area is 67.6 Å². The largest absolute Gasteiger partial charge is 0.419 e. The highest BCUT2D eigenvalue weighted by molar-refractivity contribution is 7.80. The van der Waals surface area contributed by atoms with Gasteiger partial charge < -0.3 is 9.47 Å². The third kappa shape index (κ3) is 0.985. The van der Waals surface area contributed by atoms with Crippen molar-refractivity contribution in [1.29, 1.82) is 0 Å². The summed E-state index contributed by atoms with van der Waals surface area (Å²) >= 11 is 4.23. The second-order valence-corrected chi connectivity index (χ2v) is 3.28. The molecule has 0 aromatic heterocycles. The van der Waals surface area contributed by atoms with Gasteiger partial charge in [-0.15, -0.1) is 0 Å². The van der Waals surface area contributed by atoms with E-state index in [4.69, 9.17) is 4.65 Å². The second kappa shape index (κ2) is 2.76. The van der Waals surface area contributed by atoms with Gasteiger partial charge in [-0.1, -0.05) is 0 Å². The van der Waals surface area contributed by atoms with Crippen molar-refractivity contribution in [2.75, 3.05) is 12.3 Å². The molecule has 2 heterocycles. The van der Waals surface area contributed by atoms with Crippen LogP contribution in [0.1, 0.15) is 12.8 Å². The van der Waals surface area contributed by atoms with Gasteiger partial charge in [0.05, 0.1) is 6.10 Å². The van der Waals surface area contributed by atoms with Gasteiger partial charge in [-0.3, -0.25) is 0 Å². The number of rotatable bonds is 1. The summed E-state index contributed by atoms with van der Waals surface area (Å²) in [5, 5.41) is 0. The molecule has 0 spiro atoms. The normalized spacial score (nSPS) is 39.7. The van der Waals surface area contributed by atoms with E-state index in [2.05, 4.69) is 17.4 Å². The van der Waals surface area contributed by atoms with Crippen molar-refractivity contribution in [3.05, 3.63) is 0 Å². The Kier molecular flexibility index (Phi) is 1.93. The molecule has 55 valence electrons. The first kappa shape index (κ1) is 7.01. The van der Waals surface area contributed by atoms with E-state index in [0.29, 0.717) is 12.1 Å². The van der Waals surface area contributed by atoms with Gasteiger partial charge in [0.15, 0.2) is 0 Å². The average Bonchev–Trinajstić information content (AvgIpc) is 2.44. The number of hydrogen-bond acceptors (Lipinski definition) is 3. The number of nitrogens with zero attached hydrogens (tertiary/aromatic N) is 1. The lowest BCUT2D eigenvalue weighted by Crippen LogP contribution is -2.30. The molecule has 0 bridgehead atoms. The Balaban J connectivity index is 2.01. The highest BCUT2D eigenvalue weighted by atomic mass is 32.1. The molecule has 0 aromatic carbocycles. The molecule has 0 saturated carbocycles. The molecule has 2 atom stereocenters. The molecular formula is C6H11BNOS. The van der Waals surface area contributed by atoms with Crippen molar-refractivity contribution in [3.63, 3.8) is 0 Å². The van der Waals surface area contributed by atoms with E-state index < -0.39 is 0 Å². The van der Waals surface area contributed by atoms with Crippen LogP contribution in [0.15, 0.2) is 0 Å². The molecule has 0 amide bonds. The molecule has 0 unspecified atom stereocenters. The minimum Gasteiger partial charge on any atom is -0.419 e. The van der Waals surface area contributed by atoms with Crippen LogP contribution in [-0.4, -0.2) is 36.9 Å². The number of thiol groups is 1. The van der Waals surface area contributed by atoms with Crippen molar-refractivity contribution in [1.82, 2.24) is 4.81 Å². The van der Waals surface area contributed by atoms with E-state index in [1.165, 1.54) is 19.4 Å². The summed E-state index contributed by atoms with van der Waals surface area (Å²) < 4.78 is 5.39. The number of hydrogen-bond donors (Lipinski definition) is 1. The highest BCUT2D eigenvalue weighted by Crippen LogP contribution is 2.26. The van der Waals surface area contributed by atoms with Gasteiger partial charge >= 0.3 is 7.62 Å². The minimum atomic E-state index is 0.353. The van der Waals surface area contributed by atoms with Crippen molar-refractivity contribution in [2.24, 2.45) is 0 Å². The van der Waals surface area contributed by atoms with Crippen molar-refractivity contribution in [2.45, 2.75) is 25.0 Å². The predicted octanol–water partition coefficient (Wildman–Crippen LogP) is 0.314. The Morgan fingerprint density at radius 1 is 1.70 bits per heavy atom. The lowest BCUT2D eigenvalue weighted by atomic mass is 10.1. The summed E-state index contributed by atoms with van der Waals surface area (Å²) in [5.74, 6) is 0.845. The maximum atomic E-state index is 5.39. The van der Waals surface area contributed by atoms with Crippen LogP contribution in [-0.2, 0) is 4.65 Å². The van der Waals surface area contributed by atoms with E-state index in [1.54, 1.807) is 0 Å². The Bertz CT molecular complexity index is 135. The molecule has 10 heavy (non-hydrogen) atoms. The molecule has 0 aromatic rings. The topological polar surface area (TPSA) is 12.5 Å². The van der Waals surface area contributed by atoms with Crippen LogP contribution >= 0.6 is 12.6 Å². The molecule has 0 aliphatic carbocycles. The smallest absolute Gasteiger partial charge is 0.399 e. The third-order valence-corrected chi connectivity index (χ3v) is 2.68. The highest BCUT2D eigenvalue weighted by Gasteiger charge is 2.38. The van der Waals surface area contributed by atoms with Crippen LogP contribution < -0.4 is 0 Å². The van der Waals surface area contributed by atoms with Gasteiger partial charge in [0, 0.05) is 11.8 Å². The fourth-order valence-electron chi connectivity index (χ4n) is 1.76. The molecule has 2 fully saturated rings. The molecule has 0 N–H and O–H groups in total. The third-order valence-electron chi connectivity index (χ3n) is 2.32. The molecule has 4 heteroatoms. The monoisotopic (exact) mass is 156 g/mol. The van der Waals surface area contributed by atoms with E-state index in [1.807, 2.05) is 7.62 Å². The van der Waals surface area contributed by atoms with Crippen molar-refractivity contribution >= 4 is 20.2 Å². The molecule has 2 aliphatic heterocycles. The van der Waals surface area contributed by atoms with Gasteiger partial charge in [-0.05, 0) is 19.4 Å². The fourth-order valence-corrected chi connectivity index (χ4v) is 2.09. The van der Waals surface area contributed by atoms with E-state index >= 15 is 0 Å². The van der Waals surface area contributed by atoms with Gasteiger partial charge in [0.25, 0.3) is 0 Å². The molecule has 2 nitrogen and oxygen atoms in total. The molecule has 2 aliphatic rings. The van der Waals surface area contributed by atoms with Crippen LogP contribution in [0.25, 0.3) is 0 Å². The van der Waals surface area contributed by atoms with Gasteiger partial charge in [0.2, 0.25) is 0 Å². The molecule has 2 saturated heterocycles. The summed E-state index contributed by atoms with van der Waals surface area (Å²) in [7, 11) is 1.87. The van der Waals surface area contributed by atoms with Crippen molar-refractivity contribution < 1.29 is 4.65 Å². The van der Waals surface area contributed by atoms with Crippen LogP contribution in [0.2, 0.25) is 0 Å². The number of fused-ring (bicyclic) bond motifs is 1. The van der Waals surface area contributed by atoms with E-state index in [0.717, 1.165) is 5.75 Å². The Morgan fingerprint density at radius 2 is 2.60 bits per heavy atom. The van der Waals surface area contributed by atoms with Crippen LogP contribution in [0, 0.1) is 0 Å². The second-order valence-electron chi connectivity index (χ2n) is 2.91. The zero-order chi connectivity index (χ0) is 6.97. The molecule has 1 radical (unpaired) electrons. The standard InChI is InChI=1S/C6H11BNOS/c10-4-6-5-2-1-3-8(5)7-9-6/h5-6,10H,1-4H2/t5-,6+/m1/s1. The summed E-state index contributed by atoms with van der Waals surface area (Å²) in [6.07, 6.45) is 2.95. The fraction of sp³-hybridized carbons (Fsp3) is 1.00. The van der Waals surface area contributed by atoms with Gasteiger partial charge in [0.1, 0.15) is 0 Å². The minimum absolute atomic E-state index is 0.353. The first-order valence-electron chi connectivity index (χ1n) is 3.77. The maximum absolute atomic E-state index is 5.39. The van der Waals surface area contributed by atoms with E-state index in [9.17, 15) is 0 Å². The quantitative estimate of drug-likeness (QED) is 0.433. The molecular weight excluding hydrogens is 145 g/mol. The van der Waals surface area contributed by atoms with Gasteiger partial charge in [-0.2, -0.15) is 12.6 Å². The lowest BCUT2D eigenvalue weighted by Gasteiger charge is -2.16. The first-order valence-corrected chi connectivity index (χ1v) is 4.40. The summed E-state index contributed by atoms with van der Waals surface area (Å²) in [5.41, 5.74) is 0. The first-order chi connectivity index (χ1) is 4.92. The summed E-state index contributed by atoms with van der Waals surface area (Å²) in [6.45, 7) is 1.18. The van der Waals surface area contributed by atoms with E-state index in [-0.39, 0.29) is 0 Å². The maximum Gasteiger partial charge on any atom is 0.399 e. The lowest BCUT2D eigenvalue weighted by molar-refractivity contribution is 0.232. The van der Waals surface area contributed by atoms with Crippen LogP contribution in [0.5, 0.6) is 0 Å². The average molecular weight is 156 g/mol. The van der Waals surface area contributed by atoms with Gasteiger partial charge in [-0.25, -0.2) is 0 Å². The predicted molar refractivity (Wildman–Crippen MR) is 44.2 cm³/mol. The van der Waals surface area contributed by atoms with Crippen molar-refractivity contribution in [3.8, 4) is 0 Å². The van der Waals surface area contributed by atoms with Crippen LogP contribution in [0.4, 0.5) is 0 Å². The molecule has 2 rings (SSSR count). The Hall–Kier alpha value is 0.335. The summed E-state index contributed by atoms with van der Waals surface area (Å²) in [4.78, 5) is 2.29.